The Labute approximate surface area is 120 Å². The molecule has 0 aromatic rings. The van der Waals surface area contributed by atoms with Crippen LogP contribution in [0.5, 0.6) is 0 Å². The summed E-state index contributed by atoms with van der Waals surface area (Å²) in [5.41, 5.74) is 0. The molecular formula is C18H35N. The van der Waals surface area contributed by atoms with Crippen LogP contribution >= 0.6 is 0 Å². The van der Waals surface area contributed by atoms with E-state index in [1.807, 2.05) is 0 Å². The van der Waals surface area contributed by atoms with E-state index in [4.69, 9.17) is 0 Å². The molecule has 19 heavy (non-hydrogen) atoms. The van der Waals surface area contributed by atoms with Gasteiger partial charge in [0.2, 0.25) is 0 Å². The lowest BCUT2D eigenvalue weighted by Crippen LogP contribution is -2.40. The highest BCUT2D eigenvalue weighted by atomic mass is 14.9. The van der Waals surface area contributed by atoms with E-state index in [1.165, 1.54) is 77.0 Å². The summed E-state index contributed by atoms with van der Waals surface area (Å²) < 4.78 is 0. The van der Waals surface area contributed by atoms with E-state index in [2.05, 4.69) is 19.2 Å². The molecule has 2 unspecified atom stereocenters. The average Bonchev–Trinajstić information content (AvgIpc) is 2.80. The highest BCUT2D eigenvalue weighted by molar-refractivity contribution is 4.81. The van der Waals surface area contributed by atoms with Crippen molar-refractivity contribution in [1.29, 1.82) is 0 Å². The zero-order chi connectivity index (χ0) is 13.5. The van der Waals surface area contributed by atoms with Crippen molar-refractivity contribution in [3.05, 3.63) is 0 Å². The Morgan fingerprint density at radius 3 is 2.26 bits per heavy atom. The molecule has 2 saturated carbocycles. The number of rotatable bonds is 4. The maximum absolute atomic E-state index is 4.00. The molecule has 0 aromatic heterocycles. The lowest BCUT2D eigenvalue weighted by atomic mass is 9.91. The fourth-order valence-electron chi connectivity index (χ4n) is 4.27. The van der Waals surface area contributed by atoms with E-state index in [1.54, 1.807) is 0 Å². The maximum Gasteiger partial charge on any atom is 0.00697 e. The van der Waals surface area contributed by atoms with Gasteiger partial charge >= 0.3 is 0 Å². The zero-order valence-corrected chi connectivity index (χ0v) is 13.3. The Morgan fingerprint density at radius 1 is 0.842 bits per heavy atom. The van der Waals surface area contributed by atoms with Crippen LogP contribution in [0.25, 0.3) is 0 Å². The van der Waals surface area contributed by atoms with Crippen LogP contribution in [0.15, 0.2) is 0 Å². The molecule has 1 heteroatoms. The molecule has 0 heterocycles. The second kappa shape index (κ2) is 8.29. The molecule has 2 rings (SSSR count). The van der Waals surface area contributed by atoms with E-state index in [0.29, 0.717) is 0 Å². The van der Waals surface area contributed by atoms with Crippen molar-refractivity contribution in [2.75, 3.05) is 0 Å². The second-order valence-electron chi connectivity index (χ2n) is 7.19. The topological polar surface area (TPSA) is 12.0 Å². The SMILES string of the molecule is CCC1CCCC(N[C@H](C)C2CCCCCC2)CC1. The van der Waals surface area contributed by atoms with Crippen molar-refractivity contribution in [1.82, 2.24) is 5.32 Å². The standard InChI is InChI=1S/C18H35N/c1-3-16-9-8-12-18(14-13-16)19-15(2)17-10-6-4-5-7-11-17/h15-19H,3-14H2,1-2H3/t15-,16?,18?/m1/s1. The van der Waals surface area contributed by atoms with Gasteiger partial charge in [0.05, 0.1) is 0 Å². The Morgan fingerprint density at radius 2 is 1.58 bits per heavy atom. The first-order chi connectivity index (χ1) is 9.29. The molecule has 2 fully saturated rings. The fourth-order valence-corrected chi connectivity index (χ4v) is 4.27. The number of hydrogen-bond acceptors (Lipinski definition) is 1. The van der Waals surface area contributed by atoms with Crippen LogP contribution in [-0.2, 0) is 0 Å². The summed E-state index contributed by atoms with van der Waals surface area (Å²) in [6, 6.07) is 1.57. The van der Waals surface area contributed by atoms with Crippen LogP contribution in [-0.4, -0.2) is 12.1 Å². The van der Waals surface area contributed by atoms with E-state index < -0.39 is 0 Å². The van der Waals surface area contributed by atoms with Crippen molar-refractivity contribution in [2.45, 2.75) is 103 Å². The number of hydrogen-bond donors (Lipinski definition) is 1. The van der Waals surface area contributed by atoms with Gasteiger partial charge in [0.1, 0.15) is 0 Å². The van der Waals surface area contributed by atoms with Crippen LogP contribution in [0.2, 0.25) is 0 Å². The van der Waals surface area contributed by atoms with Gasteiger partial charge in [0.25, 0.3) is 0 Å². The van der Waals surface area contributed by atoms with Crippen LogP contribution in [0.1, 0.15) is 90.9 Å². The van der Waals surface area contributed by atoms with Gasteiger partial charge in [-0.15, -0.1) is 0 Å². The Hall–Kier alpha value is -0.0400. The summed E-state index contributed by atoms with van der Waals surface area (Å²) in [5, 5.41) is 4.00. The first kappa shape index (κ1) is 15.4. The molecule has 3 atom stereocenters. The van der Waals surface area contributed by atoms with Crippen molar-refractivity contribution in [3.8, 4) is 0 Å². The lowest BCUT2D eigenvalue weighted by molar-refractivity contribution is 0.294. The molecule has 0 saturated heterocycles. The van der Waals surface area contributed by atoms with Crippen LogP contribution in [0.4, 0.5) is 0 Å². The minimum Gasteiger partial charge on any atom is -0.311 e. The summed E-state index contributed by atoms with van der Waals surface area (Å²) in [7, 11) is 0. The Balaban J connectivity index is 1.75. The van der Waals surface area contributed by atoms with Crippen molar-refractivity contribution in [2.24, 2.45) is 11.8 Å². The smallest absolute Gasteiger partial charge is 0.00697 e. The molecule has 1 nitrogen and oxygen atoms in total. The zero-order valence-electron chi connectivity index (χ0n) is 13.3. The second-order valence-corrected chi connectivity index (χ2v) is 7.19. The molecule has 0 aromatic carbocycles. The van der Waals surface area contributed by atoms with E-state index >= 15 is 0 Å². The minimum atomic E-state index is 0.751. The molecule has 0 spiro atoms. The van der Waals surface area contributed by atoms with Crippen LogP contribution in [0.3, 0.4) is 0 Å². The van der Waals surface area contributed by atoms with Gasteiger partial charge in [-0.2, -0.15) is 0 Å². The molecule has 0 radical (unpaired) electrons. The van der Waals surface area contributed by atoms with Gasteiger partial charge in [-0.1, -0.05) is 51.9 Å². The minimum absolute atomic E-state index is 0.751. The quantitative estimate of drug-likeness (QED) is 0.681. The van der Waals surface area contributed by atoms with E-state index in [9.17, 15) is 0 Å². The highest BCUT2D eigenvalue weighted by Gasteiger charge is 2.23. The maximum atomic E-state index is 4.00. The van der Waals surface area contributed by atoms with E-state index in [-0.39, 0.29) is 0 Å². The predicted molar refractivity (Wildman–Crippen MR) is 84.4 cm³/mol. The van der Waals surface area contributed by atoms with Crippen LogP contribution in [0, 0.1) is 11.8 Å². The molecule has 1 N–H and O–H groups in total. The Bertz CT molecular complexity index is 230. The molecular weight excluding hydrogens is 230 g/mol. The summed E-state index contributed by atoms with van der Waals surface area (Å²) >= 11 is 0. The van der Waals surface area contributed by atoms with Gasteiger partial charge in [-0.3, -0.25) is 0 Å². The monoisotopic (exact) mass is 265 g/mol. The largest absolute Gasteiger partial charge is 0.311 e. The van der Waals surface area contributed by atoms with Crippen molar-refractivity contribution in [3.63, 3.8) is 0 Å². The van der Waals surface area contributed by atoms with Crippen molar-refractivity contribution < 1.29 is 0 Å². The molecule has 0 amide bonds. The Kier molecular flexibility index (Phi) is 6.70. The van der Waals surface area contributed by atoms with Crippen LogP contribution < -0.4 is 5.32 Å². The first-order valence-electron chi connectivity index (χ1n) is 9.05. The number of nitrogens with one attached hydrogen (secondary N) is 1. The third-order valence-electron chi connectivity index (χ3n) is 5.77. The molecule has 0 bridgehead atoms. The summed E-state index contributed by atoms with van der Waals surface area (Å²) in [6.45, 7) is 4.82. The van der Waals surface area contributed by atoms with Crippen molar-refractivity contribution >= 4 is 0 Å². The third kappa shape index (κ3) is 5.10. The van der Waals surface area contributed by atoms with Gasteiger partial charge in [0, 0.05) is 12.1 Å². The first-order valence-corrected chi connectivity index (χ1v) is 9.05. The molecule has 2 aliphatic rings. The summed E-state index contributed by atoms with van der Waals surface area (Å²) in [6.07, 6.45) is 17.5. The van der Waals surface area contributed by atoms with Gasteiger partial charge < -0.3 is 5.32 Å². The fraction of sp³-hybridized carbons (Fsp3) is 1.00. The average molecular weight is 265 g/mol. The summed E-state index contributed by atoms with van der Waals surface area (Å²) in [4.78, 5) is 0. The van der Waals surface area contributed by atoms with E-state index in [0.717, 1.165) is 23.9 Å². The van der Waals surface area contributed by atoms with Gasteiger partial charge in [-0.25, -0.2) is 0 Å². The summed E-state index contributed by atoms with van der Waals surface area (Å²) in [5.74, 6) is 1.97. The van der Waals surface area contributed by atoms with Gasteiger partial charge in [0.15, 0.2) is 0 Å². The predicted octanol–water partition coefficient (Wildman–Crippen LogP) is 5.29. The third-order valence-corrected chi connectivity index (χ3v) is 5.77. The normalized spacial score (nSPS) is 32.5. The molecule has 2 aliphatic carbocycles. The molecule has 112 valence electrons. The lowest BCUT2D eigenvalue weighted by Gasteiger charge is -2.28. The highest BCUT2D eigenvalue weighted by Crippen LogP contribution is 2.28. The van der Waals surface area contributed by atoms with Gasteiger partial charge in [-0.05, 0) is 50.9 Å². The molecule has 0 aliphatic heterocycles.